The molecule has 0 radical (unpaired) electrons. The van der Waals surface area contributed by atoms with Gasteiger partial charge in [0, 0.05) is 18.2 Å². The summed E-state index contributed by atoms with van der Waals surface area (Å²) in [5, 5.41) is 15.1. The second kappa shape index (κ2) is 7.94. The molecule has 5 heteroatoms. The fourth-order valence-electron chi connectivity index (χ4n) is 2.62. The van der Waals surface area contributed by atoms with Gasteiger partial charge in [-0.15, -0.1) is 0 Å². The lowest BCUT2D eigenvalue weighted by molar-refractivity contribution is -0.120. The highest BCUT2D eigenvalue weighted by Crippen LogP contribution is 2.30. The number of aliphatic hydroxyl groups excluding tert-OH is 1. The third kappa shape index (κ3) is 4.90. The molecule has 0 aromatic heterocycles. The van der Waals surface area contributed by atoms with Gasteiger partial charge in [0.2, 0.25) is 11.8 Å². The Kier molecular flexibility index (Phi) is 5.46. The van der Waals surface area contributed by atoms with Crippen LogP contribution in [0, 0.1) is 5.92 Å². The number of rotatable bonds is 7. The third-order valence-corrected chi connectivity index (χ3v) is 4.30. The van der Waals surface area contributed by atoms with Crippen LogP contribution in [0.25, 0.3) is 0 Å². The topological polar surface area (TPSA) is 78.4 Å². The molecule has 0 heterocycles. The SMILES string of the molecule is O=C(Cc1ccc(NC(=O)C2CC2)cc1)NCc1ccccc1CO. The van der Waals surface area contributed by atoms with E-state index in [0.717, 1.165) is 35.2 Å². The fourth-order valence-corrected chi connectivity index (χ4v) is 2.62. The summed E-state index contributed by atoms with van der Waals surface area (Å²) in [5.74, 6) is 0.169. The molecule has 2 aromatic carbocycles. The largest absolute Gasteiger partial charge is 0.392 e. The van der Waals surface area contributed by atoms with Crippen LogP contribution >= 0.6 is 0 Å². The van der Waals surface area contributed by atoms with Crippen molar-refractivity contribution in [3.05, 3.63) is 65.2 Å². The van der Waals surface area contributed by atoms with E-state index in [2.05, 4.69) is 10.6 Å². The van der Waals surface area contributed by atoms with Crippen molar-refractivity contribution in [3.63, 3.8) is 0 Å². The third-order valence-electron chi connectivity index (χ3n) is 4.30. The minimum absolute atomic E-state index is 0.0416. The molecule has 0 atom stereocenters. The number of hydrogen-bond acceptors (Lipinski definition) is 3. The van der Waals surface area contributed by atoms with Crippen molar-refractivity contribution in [2.45, 2.75) is 32.4 Å². The molecule has 0 unspecified atom stereocenters. The molecule has 2 aromatic rings. The molecule has 0 bridgehead atoms. The van der Waals surface area contributed by atoms with Crippen LogP contribution in [0.15, 0.2) is 48.5 Å². The van der Waals surface area contributed by atoms with Crippen LogP contribution in [-0.2, 0) is 29.2 Å². The maximum absolute atomic E-state index is 12.1. The molecule has 25 heavy (non-hydrogen) atoms. The van der Waals surface area contributed by atoms with Gasteiger partial charge in [0.1, 0.15) is 0 Å². The predicted molar refractivity (Wildman–Crippen MR) is 95.7 cm³/mol. The number of aliphatic hydroxyl groups is 1. The molecular formula is C20H22N2O3. The predicted octanol–water partition coefficient (Wildman–Crippen LogP) is 2.39. The zero-order chi connectivity index (χ0) is 17.6. The first-order chi connectivity index (χ1) is 12.2. The zero-order valence-electron chi connectivity index (χ0n) is 14.0. The Balaban J connectivity index is 1.49. The number of anilines is 1. The number of carbonyl (C=O) groups is 2. The highest BCUT2D eigenvalue weighted by atomic mass is 16.3. The summed E-state index contributed by atoms with van der Waals surface area (Å²) in [5.41, 5.74) is 3.38. The van der Waals surface area contributed by atoms with E-state index in [0.29, 0.717) is 6.54 Å². The van der Waals surface area contributed by atoms with Crippen LogP contribution in [0.5, 0.6) is 0 Å². The molecule has 0 spiro atoms. The van der Waals surface area contributed by atoms with Crippen LogP contribution in [0.1, 0.15) is 29.5 Å². The highest BCUT2D eigenvalue weighted by molar-refractivity contribution is 5.94. The summed E-state index contributed by atoms with van der Waals surface area (Å²) >= 11 is 0. The average Bonchev–Trinajstić information content (AvgIpc) is 3.47. The Bertz CT molecular complexity index is 752. The van der Waals surface area contributed by atoms with E-state index < -0.39 is 0 Å². The van der Waals surface area contributed by atoms with Gasteiger partial charge in [-0.25, -0.2) is 0 Å². The minimum atomic E-state index is -0.0810. The quantitative estimate of drug-likeness (QED) is 0.725. The van der Waals surface area contributed by atoms with E-state index in [1.807, 2.05) is 48.5 Å². The number of amides is 2. The van der Waals surface area contributed by atoms with Gasteiger partial charge in [0.05, 0.1) is 13.0 Å². The molecule has 5 nitrogen and oxygen atoms in total. The normalized spacial score (nSPS) is 13.3. The van der Waals surface area contributed by atoms with E-state index in [1.165, 1.54) is 0 Å². The van der Waals surface area contributed by atoms with Crippen molar-refractivity contribution < 1.29 is 14.7 Å². The maximum Gasteiger partial charge on any atom is 0.227 e. The van der Waals surface area contributed by atoms with Crippen LogP contribution < -0.4 is 10.6 Å². The van der Waals surface area contributed by atoms with Gasteiger partial charge in [0.15, 0.2) is 0 Å². The van der Waals surface area contributed by atoms with Crippen LogP contribution in [0.4, 0.5) is 5.69 Å². The Hall–Kier alpha value is -2.66. The molecule has 1 aliphatic carbocycles. The minimum Gasteiger partial charge on any atom is -0.392 e. The van der Waals surface area contributed by atoms with Crippen molar-refractivity contribution in [1.82, 2.24) is 5.32 Å². The highest BCUT2D eigenvalue weighted by Gasteiger charge is 2.29. The van der Waals surface area contributed by atoms with Crippen LogP contribution in [-0.4, -0.2) is 16.9 Å². The molecule has 1 aliphatic rings. The summed E-state index contributed by atoms with van der Waals surface area (Å²) in [4.78, 5) is 23.8. The van der Waals surface area contributed by atoms with Crippen molar-refractivity contribution >= 4 is 17.5 Å². The molecule has 0 aliphatic heterocycles. The Morgan fingerprint density at radius 1 is 1.00 bits per heavy atom. The molecule has 3 rings (SSSR count). The van der Waals surface area contributed by atoms with Crippen LogP contribution in [0.2, 0.25) is 0 Å². The second-order valence-corrected chi connectivity index (χ2v) is 6.34. The Morgan fingerprint density at radius 2 is 1.68 bits per heavy atom. The number of benzene rings is 2. The van der Waals surface area contributed by atoms with Crippen molar-refractivity contribution in [1.29, 1.82) is 0 Å². The van der Waals surface area contributed by atoms with E-state index >= 15 is 0 Å². The lowest BCUT2D eigenvalue weighted by Crippen LogP contribution is -2.25. The monoisotopic (exact) mass is 338 g/mol. The first-order valence-electron chi connectivity index (χ1n) is 8.50. The average molecular weight is 338 g/mol. The number of hydrogen-bond donors (Lipinski definition) is 3. The van der Waals surface area contributed by atoms with E-state index in [1.54, 1.807) is 0 Å². The maximum atomic E-state index is 12.1. The standard InChI is InChI=1S/C20H22N2O3/c23-13-17-4-2-1-3-16(17)12-21-19(24)11-14-5-9-18(10-6-14)22-20(25)15-7-8-15/h1-6,9-10,15,23H,7-8,11-13H2,(H,21,24)(H,22,25). The molecule has 1 saturated carbocycles. The summed E-state index contributed by atoms with van der Waals surface area (Å²) in [7, 11) is 0. The summed E-state index contributed by atoms with van der Waals surface area (Å²) in [6.07, 6.45) is 2.23. The van der Waals surface area contributed by atoms with E-state index in [9.17, 15) is 14.7 Å². The van der Waals surface area contributed by atoms with Crippen molar-refractivity contribution in [3.8, 4) is 0 Å². The van der Waals surface area contributed by atoms with Crippen LogP contribution in [0.3, 0.4) is 0 Å². The van der Waals surface area contributed by atoms with E-state index in [4.69, 9.17) is 0 Å². The summed E-state index contributed by atoms with van der Waals surface area (Å²) in [6, 6.07) is 14.8. The Morgan fingerprint density at radius 3 is 2.32 bits per heavy atom. The molecule has 130 valence electrons. The Labute approximate surface area is 147 Å². The second-order valence-electron chi connectivity index (χ2n) is 6.34. The van der Waals surface area contributed by atoms with Crippen molar-refractivity contribution in [2.75, 3.05) is 5.32 Å². The smallest absolute Gasteiger partial charge is 0.227 e. The number of carbonyl (C=O) groups excluding carboxylic acids is 2. The van der Waals surface area contributed by atoms with Gasteiger partial charge in [-0.3, -0.25) is 9.59 Å². The number of nitrogens with one attached hydrogen (secondary N) is 2. The summed E-state index contributed by atoms with van der Waals surface area (Å²) < 4.78 is 0. The van der Waals surface area contributed by atoms with Gasteiger partial charge in [-0.05, 0) is 41.7 Å². The van der Waals surface area contributed by atoms with Crippen molar-refractivity contribution in [2.24, 2.45) is 5.92 Å². The molecule has 3 N–H and O–H groups in total. The zero-order valence-corrected chi connectivity index (χ0v) is 14.0. The molecule has 1 fully saturated rings. The van der Waals surface area contributed by atoms with Gasteiger partial charge in [0.25, 0.3) is 0 Å². The molecular weight excluding hydrogens is 316 g/mol. The first-order valence-corrected chi connectivity index (χ1v) is 8.50. The van der Waals surface area contributed by atoms with Gasteiger partial charge in [-0.2, -0.15) is 0 Å². The summed E-state index contributed by atoms with van der Waals surface area (Å²) in [6.45, 7) is 0.352. The molecule has 0 saturated heterocycles. The molecule has 2 amide bonds. The fraction of sp³-hybridized carbons (Fsp3) is 0.300. The lowest BCUT2D eigenvalue weighted by Gasteiger charge is -2.09. The lowest BCUT2D eigenvalue weighted by atomic mass is 10.1. The van der Waals surface area contributed by atoms with Gasteiger partial charge in [-0.1, -0.05) is 36.4 Å². The van der Waals surface area contributed by atoms with Gasteiger partial charge < -0.3 is 15.7 Å². The van der Waals surface area contributed by atoms with E-state index in [-0.39, 0.29) is 30.8 Å². The first kappa shape index (κ1) is 17.2. The van der Waals surface area contributed by atoms with Gasteiger partial charge >= 0.3 is 0 Å².